The Bertz CT molecular complexity index is 215. The van der Waals surface area contributed by atoms with Gasteiger partial charge in [0.1, 0.15) is 0 Å². The van der Waals surface area contributed by atoms with Gasteiger partial charge in [-0.1, -0.05) is 20.3 Å². The molecule has 0 unspecified atom stereocenters. The van der Waals surface area contributed by atoms with Crippen LogP contribution in [0.1, 0.15) is 46.0 Å². The number of nitrogens with one attached hydrogen (secondary N) is 1. The van der Waals surface area contributed by atoms with Gasteiger partial charge in [0.25, 0.3) is 0 Å². The number of hydrogen-bond donors (Lipinski definition) is 1. The second kappa shape index (κ2) is 3.00. The van der Waals surface area contributed by atoms with Crippen molar-refractivity contribution in [3.05, 3.63) is 0 Å². The lowest BCUT2D eigenvalue weighted by atomic mass is 9.66. The lowest BCUT2D eigenvalue weighted by molar-refractivity contribution is -0.136. The third kappa shape index (κ3) is 1.47. The number of amides is 1. The van der Waals surface area contributed by atoms with Crippen molar-refractivity contribution in [1.29, 1.82) is 0 Å². The number of rotatable bonds is 3. The van der Waals surface area contributed by atoms with Crippen LogP contribution in [0.5, 0.6) is 0 Å². The van der Waals surface area contributed by atoms with E-state index in [1.54, 1.807) is 0 Å². The SMILES string of the molecule is CCC1(C(=O)N[C@@H]2C[C@H]2C)CCC1. The van der Waals surface area contributed by atoms with Gasteiger partial charge in [0, 0.05) is 11.5 Å². The summed E-state index contributed by atoms with van der Waals surface area (Å²) in [4.78, 5) is 11.9. The standard InChI is InChI=1S/C11H19NO/c1-3-11(5-4-6-11)10(13)12-9-7-8(9)2/h8-9H,3-7H2,1-2H3,(H,12,13)/t8-,9-/m1/s1. The molecule has 1 amide bonds. The fraction of sp³-hybridized carbons (Fsp3) is 0.909. The molecule has 0 aromatic carbocycles. The number of hydrogen-bond acceptors (Lipinski definition) is 1. The van der Waals surface area contributed by atoms with Crippen molar-refractivity contribution in [2.24, 2.45) is 11.3 Å². The minimum Gasteiger partial charge on any atom is -0.353 e. The predicted molar refractivity (Wildman–Crippen MR) is 52.3 cm³/mol. The van der Waals surface area contributed by atoms with E-state index < -0.39 is 0 Å². The van der Waals surface area contributed by atoms with E-state index in [0.717, 1.165) is 25.2 Å². The zero-order chi connectivity index (χ0) is 9.47. The molecule has 2 rings (SSSR count). The zero-order valence-electron chi connectivity index (χ0n) is 8.60. The summed E-state index contributed by atoms with van der Waals surface area (Å²) in [6.45, 7) is 4.33. The fourth-order valence-corrected chi connectivity index (χ4v) is 2.19. The third-order valence-electron chi connectivity index (χ3n) is 3.90. The van der Waals surface area contributed by atoms with Crippen LogP contribution in [0.15, 0.2) is 0 Å². The summed E-state index contributed by atoms with van der Waals surface area (Å²) in [5.74, 6) is 1.05. The lowest BCUT2D eigenvalue weighted by Gasteiger charge is -2.39. The van der Waals surface area contributed by atoms with Crippen LogP contribution in [-0.4, -0.2) is 11.9 Å². The van der Waals surface area contributed by atoms with E-state index in [-0.39, 0.29) is 5.41 Å². The van der Waals surface area contributed by atoms with Crippen LogP contribution < -0.4 is 5.32 Å². The maximum Gasteiger partial charge on any atom is 0.226 e. The Morgan fingerprint density at radius 3 is 2.46 bits per heavy atom. The molecule has 0 aromatic heterocycles. The average molecular weight is 181 g/mol. The van der Waals surface area contributed by atoms with Crippen LogP contribution in [0.3, 0.4) is 0 Å². The summed E-state index contributed by atoms with van der Waals surface area (Å²) in [5.41, 5.74) is 0.0301. The van der Waals surface area contributed by atoms with E-state index in [2.05, 4.69) is 19.2 Å². The van der Waals surface area contributed by atoms with Crippen molar-refractivity contribution in [3.8, 4) is 0 Å². The summed E-state index contributed by atoms with van der Waals surface area (Å²) in [5, 5.41) is 3.16. The minimum atomic E-state index is 0.0301. The second-order valence-corrected chi connectivity index (χ2v) is 4.78. The molecule has 0 spiro atoms. The van der Waals surface area contributed by atoms with Crippen molar-refractivity contribution in [2.45, 2.75) is 52.0 Å². The second-order valence-electron chi connectivity index (χ2n) is 4.78. The predicted octanol–water partition coefficient (Wildman–Crippen LogP) is 2.09. The van der Waals surface area contributed by atoms with Crippen molar-refractivity contribution in [2.75, 3.05) is 0 Å². The zero-order valence-corrected chi connectivity index (χ0v) is 8.60. The van der Waals surface area contributed by atoms with Crippen LogP contribution in [0.2, 0.25) is 0 Å². The molecule has 0 saturated heterocycles. The maximum atomic E-state index is 11.9. The fourth-order valence-electron chi connectivity index (χ4n) is 2.19. The first-order chi connectivity index (χ1) is 6.18. The molecule has 74 valence electrons. The Balaban J connectivity index is 1.88. The molecule has 0 heterocycles. The van der Waals surface area contributed by atoms with E-state index in [1.807, 2.05) is 0 Å². The molecule has 2 aliphatic rings. The van der Waals surface area contributed by atoms with Crippen molar-refractivity contribution in [1.82, 2.24) is 5.32 Å². The van der Waals surface area contributed by atoms with Gasteiger partial charge in [-0.05, 0) is 31.6 Å². The molecule has 0 aliphatic heterocycles. The van der Waals surface area contributed by atoms with Gasteiger partial charge >= 0.3 is 0 Å². The Morgan fingerprint density at radius 1 is 1.54 bits per heavy atom. The van der Waals surface area contributed by atoms with Gasteiger partial charge in [0.2, 0.25) is 5.91 Å². The molecule has 2 nitrogen and oxygen atoms in total. The Hall–Kier alpha value is -0.530. The molecule has 2 atom stereocenters. The molecule has 0 aromatic rings. The Labute approximate surface area is 80.1 Å². The molecule has 2 fully saturated rings. The summed E-state index contributed by atoms with van der Waals surface area (Å²) in [7, 11) is 0. The monoisotopic (exact) mass is 181 g/mol. The van der Waals surface area contributed by atoms with Crippen LogP contribution in [0.4, 0.5) is 0 Å². The molecule has 13 heavy (non-hydrogen) atoms. The van der Waals surface area contributed by atoms with Crippen LogP contribution in [-0.2, 0) is 4.79 Å². The molecule has 0 bridgehead atoms. The first-order valence-corrected chi connectivity index (χ1v) is 5.49. The van der Waals surface area contributed by atoms with Crippen LogP contribution in [0, 0.1) is 11.3 Å². The largest absolute Gasteiger partial charge is 0.353 e. The first-order valence-electron chi connectivity index (χ1n) is 5.49. The molecule has 2 heteroatoms. The van der Waals surface area contributed by atoms with Crippen LogP contribution in [0.25, 0.3) is 0 Å². The van der Waals surface area contributed by atoms with Gasteiger partial charge in [-0.2, -0.15) is 0 Å². The van der Waals surface area contributed by atoms with E-state index in [4.69, 9.17) is 0 Å². The Morgan fingerprint density at radius 2 is 2.15 bits per heavy atom. The van der Waals surface area contributed by atoms with Gasteiger partial charge in [0.15, 0.2) is 0 Å². The highest BCUT2D eigenvalue weighted by Crippen LogP contribution is 2.44. The minimum absolute atomic E-state index is 0.0301. The highest BCUT2D eigenvalue weighted by molar-refractivity contribution is 5.84. The highest BCUT2D eigenvalue weighted by atomic mass is 16.2. The van der Waals surface area contributed by atoms with E-state index in [9.17, 15) is 4.79 Å². The van der Waals surface area contributed by atoms with Gasteiger partial charge in [-0.15, -0.1) is 0 Å². The normalized spacial score (nSPS) is 34.9. The molecule has 0 radical (unpaired) electrons. The summed E-state index contributed by atoms with van der Waals surface area (Å²) in [6.07, 6.45) is 5.65. The van der Waals surface area contributed by atoms with Gasteiger partial charge in [-0.3, -0.25) is 4.79 Å². The van der Waals surface area contributed by atoms with Crippen molar-refractivity contribution in [3.63, 3.8) is 0 Å². The molecular weight excluding hydrogens is 162 g/mol. The molecule has 2 saturated carbocycles. The van der Waals surface area contributed by atoms with Crippen LogP contribution >= 0.6 is 0 Å². The van der Waals surface area contributed by atoms with Gasteiger partial charge in [-0.25, -0.2) is 0 Å². The first kappa shape index (κ1) is 9.04. The van der Waals surface area contributed by atoms with Gasteiger partial charge < -0.3 is 5.32 Å². The molecule has 1 N–H and O–H groups in total. The van der Waals surface area contributed by atoms with Crippen molar-refractivity contribution < 1.29 is 4.79 Å². The van der Waals surface area contributed by atoms with E-state index in [0.29, 0.717) is 11.9 Å². The van der Waals surface area contributed by atoms with E-state index >= 15 is 0 Å². The highest BCUT2D eigenvalue weighted by Gasteiger charge is 2.45. The lowest BCUT2D eigenvalue weighted by Crippen LogP contribution is -2.46. The number of carbonyl (C=O) groups excluding carboxylic acids is 1. The summed E-state index contributed by atoms with van der Waals surface area (Å²) < 4.78 is 0. The summed E-state index contributed by atoms with van der Waals surface area (Å²) >= 11 is 0. The van der Waals surface area contributed by atoms with E-state index in [1.165, 1.54) is 12.8 Å². The maximum absolute atomic E-state index is 11.9. The Kier molecular flexibility index (Phi) is 2.09. The number of carbonyl (C=O) groups is 1. The third-order valence-corrected chi connectivity index (χ3v) is 3.90. The molecular formula is C11H19NO. The topological polar surface area (TPSA) is 29.1 Å². The van der Waals surface area contributed by atoms with Crippen molar-refractivity contribution >= 4 is 5.91 Å². The smallest absolute Gasteiger partial charge is 0.226 e. The quantitative estimate of drug-likeness (QED) is 0.709. The molecule has 2 aliphatic carbocycles. The summed E-state index contributed by atoms with van der Waals surface area (Å²) in [6, 6.07) is 0.497. The van der Waals surface area contributed by atoms with Gasteiger partial charge in [0.05, 0.1) is 0 Å². The average Bonchev–Trinajstić information content (AvgIpc) is 2.65.